The number of carbonyl (C=O) groups is 1. The maximum absolute atomic E-state index is 10.9. The monoisotopic (exact) mass is 305 g/mol. The van der Waals surface area contributed by atoms with Gasteiger partial charge in [-0.1, -0.05) is 0 Å². The van der Waals surface area contributed by atoms with Crippen LogP contribution in [0.1, 0.15) is 27.8 Å². The lowest BCUT2D eigenvalue weighted by Gasteiger charge is -2.18. The van der Waals surface area contributed by atoms with Gasteiger partial charge in [0.05, 0.1) is 14.2 Å². The van der Waals surface area contributed by atoms with Crippen LogP contribution in [0.2, 0.25) is 0 Å². The van der Waals surface area contributed by atoms with Crippen LogP contribution in [-0.2, 0) is 6.42 Å². The molecule has 1 unspecified atom stereocenters. The largest absolute Gasteiger partial charge is 0.497 e. The molecule has 0 aliphatic rings. The molecule has 0 saturated carbocycles. The second kappa shape index (κ2) is 7.00. The van der Waals surface area contributed by atoms with Gasteiger partial charge in [0.1, 0.15) is 17.3 Å². The number of furan rings is 1. The normalized spacial score (nSPS) is 12.0. The van der Waals surface area contributed by atoms with Crippen LogP contribution in [-0.4, -0.2) is 31.8 Å². The first-order valence-electron chi connectivity index (χ1n) is 6.83. The van der Waals surface area contributed by atoms with E-state index in [0.717, 1.165) is 5.56 Å². The highest BCUT2D eigenvalue weighted by atomic mass is 16.5. The van der Waals surface area contributed by atoms with E-state index in [9.17, 15) is 4.79 Å². The molecule has 0 aliphatic heterocycles. The van der Waals surface area contributed by atoms with Crippen molar-refractivity contribution in [2.75, 3.05) is 20.8 Å². The lowest BCUT2D eigenvalue weighted by Crippen LogP contribution is -2.16. The van der Waals surface area contributed by atoms with Crippen LogP contribution in [0.15, 0.2) is 34.7 Å². The maximum atomic E-state index is 10.9. The number of benzene rings is 1. The molecule has 22 heavy (non-hydrogen) atoms. The van der Waals surface area contributed by atoms with Crippen molar-refractivity contribution in [2.24, 2.45) is 5.73 Å². The van der Waals surface area contributed by atoms with E-state index >= 15 is 0 Å². The van der Waals surface area contributed by atoms with Gasteiger partial charge in [0, 0.05) is 17.9 Å². The van der Waals surface area contributed by atoms with E-state index in [1.165, 1.54) is 6.07 Å². The molecule has 2 aromatic rings. The van der Waals surface area contributed by atoms with Gasteiger partial charge in [-0.3, -0.25) is 0 Å². The highest BCUT2D eigenvalue weighted by Crippen LogP contribution is 2.32. The summed E-state index contributed by atoms with van der Waals surface area (Å²) in [7, 11) is 3.18. The van der Waals surface area contributed by atoms with Crippen LogP contribution < -0.4 is 15.2 Å². The summed E-state index contributed by atoms with van der Waals surface area (Å²) in [5, 5.41) is 8.90. The maximum Gasteiger partial charge on any atom is 0.371 e. The number of methoxy groups -OCH3 is 2. The molecule has 6 nitrogen and oxygen atoms in total. The third-order valence-electron chi connectivity index (χ3n) is 3.48. The molecule has 1 aromatic heterocycles. The fraction of sp³-hybridized carbons (Fsp3) is 0.312. The summed E-state index contributed by atoms with van der Waals surface area (Å²) in [6, 6.07) is 8.59. The van der Waals surface area contributed by atoms with Crippen molar-refractivity contribution in [3.05, 3.63) is 47.4 Å². The van der Waals surface area contributed by atoms with E-state index in [-0.39, 0.29) is 11.7 Å². The fourth-order valence-corrected chi connectivity index (χ4v) is 2.32. The molecule has 0 aliphatic carbocycles. The van der Waals surface area contributed by atoms with Gasteiger partial charge in [0.15, 0.2) is 0 Å². The number of carboxylic acid groups (broad SMARTS) is 1. The van der Waals surface area contributed by atoms with E-state index in [2.05, 4.69) is 0 Å². The summed E-state index contributed by atoms with van der Waals surface area (Å²) in [5.41, 5.74) is 6.78. The molecular weight excluding hydrogens is 286 g/mol. The standard InChI is InChI=1S/C16H19NO5/c1-20-11-3-5-14(21-2)13(8-11)10(9-17)7-12-4-6-15(22-12)16(18)19/h3-6,8,10H,7,9,17H2,1-2H3,(H,18,19). The Morgan fingerprint density at radius 2 is 2.05 bits per heavy atom. The zero-order chi connectivity index (χ0) is 16.1. The van der Waals surface area contributed by atoms with Crippen LogP contribution >= 0.6 is 0 Å². The number of hydrogen-bond acceptors (Lipinski definition) is 5. The summed E-state index contributed by atoms with van der Waals surface area (Å²) in [6.07, 6.45) is 0.479. The Balaban J connectivity index is 2.28. The first-order chi connectivity index (χ1) is 10.6. The third-order valence-corrected chi connectivity index (χ3v) is 3.48. The zero-order valence-electron chi connectivity index (χ0n) is 12.5. The Morgan fingerprint density at radius 3 is 2.59 bits per heavy atom. The van der Waals surface area contributed by atoms with Gasteiger partial charge in [-0.2, -0.15) is 0 Å². The van der Waals surface area contributed by atoms with Crippen molar-refractivity contribution in [3.8, 4) is 11.5 Å². The van der Waals surface area contributed by atoms with Gasteiger partial charge < -0.3 is 24.7 Å². The van der Waals surface area contributed by atoms with Crippen LogP contribution in [0.4, 0.5) is 0 Å². The van der Waals surface area contributed by atoms with E-state index in [0.29, 0.717) is 30.2 Å². The number of rotatable bonds is 7. The smallest absolute Gasteiger partial charge is 0.371 e. The molecule has 0 spiro atoms. The Bertz CT molecular complexity index is 650. The Labute approximate surface area is 128 Å². The van der Waals surface area contributed by atoms with Gasteiger partial charge in [-0.15, -0.1) is 0 Å². The minimum absolute atomic E-state index is 0.0714. The predicted molar refractivity (Wildman–Crippen MR) is 80.7 cm³/mol. The Kier molecular flexibility index (Phi) is 5.06. The van der Waals surface area contributed by atoms with E-state index in [4.69, 9.17) is 24.7 Å². The molecule has 6 heteroatoms. The number of hydrogen-bond donors (Lipinski definition) is 2. The first kappa shape index (κ1) is 15.9. The van der Waals surface area contributed by atoms with Crippen LogP contribution in [0.5, 0.6) is 11.5 Å². The Hall–Kier alpha value is -2.47. The number of ether oxygens (including phenoxy) is 2. The molecule has 1 aromatic carbocycles. The minimum atomic E-state index is -1.09. The number of carboxylic acids is 1. The number of nitrogens with two attached hydrogens (primary N) is 1. The van der Waals surface area contributed by atoms with Gasteiger partial charge >= 0.3 is 5.97 Å². The second-order valence-electron chi connectivity index (χ2n) is 4.82. The highest BCUT2D eigenvalue weighted by molar-refractivity contribution is 5.84. The SMILES string of the molecule is COc1ccc(OC)c(C(CN)Cc2ccc(C(=O)O)o2)c1. The van der Waals surface area contributed by atoms with Crippen molar-refractivity contribution in [2.45, 2.75) is 12.3 Å². The van der Waals surface area contributed by atoms with E-state index in [1.54, 1.807) is 20.3 Å². The fourth-order valence-electron chi connectivity index (χ4n) is 2.32. The van der Waals surface area contributed by atoms with Gasteiger partial charge in [0.25, 0.3) is 0 Å². The summed E-state index contributed by atoms with van der Waals surface area (Å²) in [6.45, 7) is 0.368. The van der Waals surface area contributed by atoms with Crippen molar-refractivity contribution < 1.29 is 23.8 Å². The topological polar surface area (TPSA) is 94.9 Å². The van der Waals surface area contributed by atoms with Crippen LogP contribution in [0, 0.1) is 0 Å². The molecule has 1 heterocycles. The van der Waals surface area contributed by atoms with Crippen molar-refractivity contribution in [1.29, 1.82) is 0 Å². The average molecular weight is 305 g/mol. The molecule has 1 atom stereocenters. The molecule has 0 saturated heterocycles. The second-order valence-corrected chi connectivity index (χ2v) is 4.82. The number of aromatic carboxylic acids is 1. The predicted octanol–water partition coefficient (Wildman–Crippen LogP) is 2.28. The van der Waals surface area contributed by atoms with Crippen molar-refractivity contribution >= 4 is 5.97 Å². The highest BCUT2D eigenvalue weighted by Gasteiger charge is 2.19. The molecule has 3 N–H and O–H groups in total. The lowest BCUT2D eigenvalue weighted by molar-refractivity contribution is 0.0660. The van der Waals surface area contributed by atoms with E-state index < -0.39 is 5.97 Å². The minimum Gasteiger partial charge on any atom is -0.497 e. The summed E-state index contributed by atoms with van der Waals surface area (Å²) in [5.74, 6) is 0.745. The first-order valence-corrected chi connectivity index (χ1v) is 6.83. The molecule has 0 bridgehead atoms. The van der Waals surface area contributed by atoms with Gasteiger partial charge in [-0.25, -0.2) is 4.79 Å². The van der Waals surface area contributed by atoms with Crippen LogP contribution in [0.3, 0.4) is 0 Å². The molecular formula is C16H19NO5. The Morgan fingerprint density at radius 1 is 1.27 bits per heavy atom. The van der Waals surface area contributed by atoms with Crippen molar-refractivity contribution in [3.63, 3.8) is 0 Å². The van der Waals surface area contributed by atoms with Crippen molar-refractivity contribution in [1.82, 2.24) is 0 Å². The van der Waals surface area contributed by atoms with Gasteiger partial charge in [-0.05, 0) is 36.9 Å². The van der Waals surface area contributed by atoms with Crippen LogP contribution in [0.25, 0.3) is 0 Å². The summed E-state index contributed by atoms with van der Waals surface area (Å²) < 4.78 is 15.9. The molecule has 118 valence electrons. The zero-order valence-corrected chi connectivity index (χ0v) is 12.5. The molecule has 0 amide bonds. The summed E-state index contributed by atoms with van der Waals surface area (Å²) >= 11 is 0. The quantitative estimate of drug-likeness (QED) is 0.815. The molecule has 2 rings (SSSR count). The molecule has 0 fully saturated rings. The third kappa shape index (κ3) is 3.40. The van der Waals surface area contributed by atoms with Gasteiger partial charge in [0.2, 0.25) is 5.76 Å². The summed E-state index contributed by atoms with van der Waals surface area (Å²) in [4.78, 5) is 10.9. The lowest BCUT2D eigenvalue weighted by atomic mass is 9.93. The average Bonchev–Trinajstić information content (AvgIpc) is 3.01. The van der Waals surface area contributed by atoms with E-state index in [1.807, 2.05) is 18.2 Å². The molecule has 0 radical (unpaired) electrons.